The lowest BCUT2D eigenvalue weighted by atomic mass is 10.1. The fraction of sp³-hybridized carbons (Fsp3) is 0.529. The lowest BCUT2D eigenvalue weighted by Crippen LogP contribution is -2.54. The van der Waals surface area contributed by atoms with Gasteiger partial charge >= 0.3 is 0 Å². The van der Waals surface area contributed by atoms with Gasteiger partial charge in [0.2, 0.25) is 11.8 Å². The topological polar surface area (TPSA) is 40.6 Å². The molecule has 0 aliphatic carbocycles. The van der Waals surface area contributed by atoms with Crippen molar-refractivity contribution in [2.75, 3.05) is 23.7 Å². The first kappa shape index (κ1) is 15.4. The average molecular weight is 318 g/mol. The van der Waals surface area contributed by atoms with Crippen molar-refractivity contribution in [1.82, 2.24) is 4.90 Å². The van der Waals surface area contributed by atoms with Crippen molar-refractivity contribution in [2.24, 2.45) is 0 Å². The summed E-state index contributed by atoms with van der Waals surface area (Å²) in [6.07, 6.45) is 0.624. The predicted molar refractivity (Wildman–Crippen MR) is 90.2 cm³/mol. The Balaban J connectivity index is 1.85. The van der Waals surface area contributed by atoms with Crippen LogP contribution in [0.15, 0.2) is 24.3 Å². The van der Waals surface area contributed by atoms with Crippen LogP contribution in [-0.4, -0.2) is 46.3 Å². The highest BCUT2D eigenvalue weighted by Gasteiger charge is 2.40. The molecule has 0 saturated carbocycles. The molecule has 0 unspecified atom stereocenters. The maximum absolute atomic E-state index is 13.0. The van der Waals surface area contributed by atoms with E-state index in [9.17, 15) is 9.59 Å². The number of thioether (sulfide) groups is 1. The van der Waals surface area contributed by atoms with Gasteiger partial charge in [-0.1, -0.05) is 18.2 Å². The molecule has 0 spiro atoms. The number of hydrogen-bond acceptors (Lipinski definition) is 3. The predicted octanol–water partition coefficient (Wildman–Crippen LogP) is 2.32. The summed E-state index contributed by atoms with van der Waals surface area (Å²) in [5, 5.41) is 0. The number of carbonyl (C=O) groups excluding carboxylic acids is 2. The average Bonchev–Trinajstić information content (AvgIpc) is 2.84. The fourth-order valence-electron chi connectivity index (χ4n) is 3.39. The summed E-state index contributed by atoms with van der Waals surface area (Å²) in [5.74, 6) is 0.979. The summed E-state index contributed by atoms with van der Waals surface area (Å²) >= 11 is 1.90. The molecular weight excluding hydrogens is 296 g/mol. The fourth-order valence-corrected chi connectivity index (χ4v) is 4.50. The van der Waals surface area contributed by atoms with Crippen molar-refractivity contribution in [1.29, 1.82) is 0 Å². The molecule has 2 amide bonds. The minimum absolute atomic E-state index is 0.0612. The maximum atomic E-state index is 13.0. The van der Waals surface area contributed by atoms with Crippen LogP contribution < -0.4 is 4.90 Å². The Bertz CT molecular complexity index is 614. The highest BCUT2D eigenvalue weighted by molar-refractivity contribution is 8.00. The van der Waals surface area contributed by atoms with Gasteiger partial charge in [-0.25, -0.2) is 0 Å². The van der Waals surface area contributed by atoms with Crippen LogP contribution in [0.3, 0.4) is 0 Å². The summed E-state index contributed by atoms with van der Waals surface area (Å²) in [4.78, 5) is 28.7. The molecule has 1 saturated heterocycles. The van der Waals surface area contributed by atoms with Crippen molar-refractivity contribution in [3.05, 3.63) is 29.8 Å². The lowest BCUT2D eigenvalue weighted by molar-refractivity contribution is -0.134. The van der Waals surface area contributed by atoms with E-state index in [1.807, 2.05) is 40.9 Å². The molecule has 2 heterocycles. The van der Waals surface area contributed by atoms with E-state index in [4.69, 9.17) is 0 Å². The van der Waals surface area contributed by atoms with Crippen LogP contribution in [0.1, 0.15) is 26.3 Å². The normalized spacial score (nSPS) is 23.3. The number of para-hydroxylation sites is 1. The number of hydrogen-bond donors (Lipinski definition) is 0. The molecule has 118 valence electrons. The maximum Gasteiger partial charge on any atom is 0.246 e. The second-order valence-corrected chi connectivity index (χ2v) is 8.41. The highest BCUT2D eigenvalue weighted by atomic mass is 32.2. The molecule has 1 atom stereocenters. The molecule has 0 bridgehead atoms. The monoisotopic (exact) mass is 318 g/mol. The number of benzene rings is 1. The third kappa shape index (κ3) is 2.74. The van der Waals surface area contributed by atoms with Gasteiger partial charge in [0.05, 0.1) is 0 Å². The van der Waals surface area contributed by atoms with Gasteiger partial charge in [0.25, 0.3) is 0 Å². The third-order valence-electron chi connectivity index (χ3n) is 4.34. The van der Waals surface area contributed by atoms with E-state index < -0.39 is 0 Å². The van der Waals surface area contributed by atoms with E-state index >= 15 is 0 Å². The Hall–Kier alpha value is -1.49. The van der Waals surface area contributed by atoms with Gasteiger partial charge in [0, 0.05) is 42.6 Å². The minimum Gasteiger partial charge on any atom is -0.339 e. The van der Waals surface area contributed by atoms with Crippen LogP contribution in [0.5, 0.6) is 0 Å². The van der Waals surface area contributed by atoms with Gasteiger partial charge in [-0.05, 0) is 25.5 Å². The van der Waals surface area contributed by atoms with Crippen LogP contribution in [0.2, 0.25) is 0 Å². The van der Waals surface area contributed by atoms with E-state index in [2.05, 4.69) is 13.8 Å². The zero-order chi connectivity index (χ0) is 15.9. The first-order valence-corrected chi connectivity index (χ1v) is 8.68. The smallest absolute Gasteiger partial charge is 0.246 e. The van der Waals surface area contributed by atoms with E-state index in [1.54, 1.807) is 11.8 Å². The van der Waals surface area contributed by atoms with E-state index in [0.29, 0.717) is 6.42 Å². The first-order valence-electron chi connectivity index (χ1n) is 7.69. The number of amides is 2. The second kappa shape index (κ2) is 5.61. The van der Waals surface area contributed by atoms with Crippen LogP contribution in [0.4, 0.5) is 5.69 Å². The summed E-state index contributed by atoms with van der Waals surface area (Å²) in [6, 6.07) is 7.44. The Morgan fingerprint density at radius 1 is 1.27 bits per heavy atom. The molecule has 22 heavy (non-hydrogen) atoms. The summed E-state index contributed by atoms with van der Waals surface area (Å²) < 4.78 is 0.0837. The number of anilines is 1. The molecule has 0 radical (unpaired) electrons. The SMILES string of the molecule is CC(=O)N1c2ccccc2C[C@H]1C(=O)N1CCSC(C)(C)C1. The van der Waals surface area contributed by atoms with Gasteiger partial charge in [-0.15, -0.1) is 0 Å². The van der Waals surface area contributed by atoms with Crippen molar-refractivity contribution in [2.45, 2.75) is 38.0 Å². The van der Waals surface area contributed by atoms with Crippen LogP contribution in [-0.2, 0) is 16.0 Å². The number of nitrogens with zero attached hydrogens (tertiary/aromatic N) is 2. The summed E-state index contributed by atoms with van der Waals surface area (Å²) in [6.45, 7) is 7.39. The van der Waals surface area contributed by atoms with Crippen molar-refractivity contribution < 1.29 is 9.59 Å². The second-order valence-electron chi connectivity index (χ2n) is 6.61. The number of rotatable bonds is 1. The highest BCUT2D eigenvalue weighted by Crippen LogP contribution is 2.35. The molecule has 1 aromatic carbocycles. The Labute approximate surface area is 135 Å². The molecule has 5 heteroatoms. The summed E-state index contributed by atoms with van der Waals surface area (Å²) in [5.41, 5.74) is 1.97. The number of fused-ring (bicyclic) bond motifs is 1. The Kier molecular flexibility index (Phi) is 3.93. The number of carbonyl (C=O) groups is 2. The summed E-state index contributed by atoms with van der Waals surface area (Å²) in [7, 11) is 0. The molecule has 0 N–H and O–H groups in total. The minimum atomic E-state index is -0.381. The lowest BCUT2D eigenvalue weighted by Gasteiger charge is -2.39. The Morgan fingerprint density at radius 2 is 2.00 bits per heavy atom. The van der Waals surface area contributed by atoms with Crippen LogP contribution >= 0.6 is 11.8 Å². The largest absolute Gasteiger partial charge is 0.339 e. The van der Waals surface area contributed by atoms with E-state index in [1.165, 1.54) is 0 Å². The van der Waals surface area contributed by atoms with E-state index in [0.717, 1.165) is 30.1 Å². The molecule has 4 nitrogen and oxygen atoms in total. The molecule has 2 aliphatic heterocycles. The molecule has 1 aromatic rings. The molecule has 0 aromatic heterocycles. The van der Waals surface area contributed by atoms with Crippen LogP contribution in [0, 0.1) is 0 Å². The van der Waals surface area contributed by atoms with Gasteiger partial charge in [-0.3, -0.25) is 14.5 Å². The molecule has 2 aliphatic rings. The van der Waals surface area contributed by atoms with Gasteiger partial charge in [-0.2, -0.15) is 11.8 Å². The van der Waals surface area contributed by atoms with Gasteiger partial charge in [0.1, 0.15) is 6.04 Å². The quantitative estimate of drug-likeness (QED) is 0.798. The van der Waals surface area contributed by atoms with Crippen molar-refractivity contribution >= 4 is 29.3 Å². The molecule has 3 rings (SSSR count). The first-order chi connectivity index (χ1) is 10.4. The zero-order valence-electron chi connectivity index (χ0n) is 13.3. The molecule has 1 fully saturated rings. The zero-order valence-corrected chi connectivity index (χ0v) is 14.2. The van der Waals surface area contributed by atoms with Gasteiger partial charge in [0.15, 0.2) is 0 Å². The van der Waals surface area contributed by atoms with Crippen LogP contribution in [0.25, 0.3) is 0 Å². The van der Waals surface area contributed by atoms with Crippen molar-refractivity contribution in [3.8, 4) is 0 Å². The van der Waals surface area contributed by atoms with E-state index in [-0.39, 0.29) is 22.6 Å². The molecular formula is C17H22N2O2S. The third-order valence-corrected chi connectivity index (χ3v) is 5.63. The van der Waals surface area contributed by atoms with Gasteiger partial charge < -0.3 is 4.90 Å². The standard InChI is InChI=1S/C17H22N2O2S/c1-12(20)19-14-7-5-4-6-13(14)10-15(19)16(21)18-8-9-22-17(2,3)11-18/h4-7,15H,8-11H2,1-3H3/t15-/m0/s1. The Morgan fingerprint density at radius 3 is 2.68 bits per heavy atom. The van der Waals surface area contributed by atoms with Crippen molar-refractivity contribution in [3.63, 3.8) is 0 Å².